The number of benzene rings is 1. The van der Waals surface area contributed by atoms with Gasteiger partial charge in [0.05, 0.1) is 6.20 Å². The lowest BCUT2D eigenvalue weighted by Crippen LogP contribution is -2.19. The third kappa shape index (κ3) is 4.49. The van der Waals surface area contributed by atoms with Gasteiger partial charge in [-0.1, -0.05) is 13.8 Å². The number of nitrogens with zero attached hydrogens (tertiary/aromatic N) is 1. The molecule has 1 aromatic carbocycles. The second kappa shape index (κ2) is 7.13. The van der Waals surface area contributed by atoms with Gasteiger partial charge in [-0.2, -0.15) is 0 Å². The highest BCUT2D eigenvalue weighted by atomic mass is 19.1. The van der Waals surface area contributed by atoms with Gasteiger partial charge in [-0.25, -0.2) is 8.78 Å². The Morgan fingerprint density at radius 3 is 2.52 bits per heavy atom. The highest BCUT2D eigenvalue weighted by Crippen LogP contribution is 2.28. The van der Waals surface area contributed by atoms with Crippen LogP contribution in [0.4, 0.5) is 8.78 Å². The highest BCUT2D eigenvalue weighted by Gasteiger charge is 2.13. The predicted molar refractivity (Wildman–Crippen MR) is 77.2 cm³/mol. The fraction of sp³-hybridized carbons (Fsp3) is 0.312. The van der Waals surface area contributed by atoms with Crippen molar-refractivity contribution in [3.05, 3.63) is 53.9 Å². The fourth-order valence-electron chi connectivity index (χ4n) is 1.84. The number of halogens is 2. The van der Waals surface area contributed by atoms with Crippen LogP contribution in [0.1, 0.15) is 19.4 Å². The maximum Gasteiger partial charge on any atom is 0.198 e. The zero-order chi connectivity index (χ0) is 15.2. The Bertz CT molecular complexity index is 565. The quantitative estimate of drug-likeness (QED) is 0.877. The van der Waals surface area contributed by atoms with Gasteiger partial charge in [-0.3, -0.25) is 4.98 Å². The van der Waals surface area contributed by atoms with Crippen molar-refractivity contribution in [2.24, 2.45) is 5.92 Å². The lowest BCUT2D eigenvalue weighted by atomic mass is 10.1. The summed E-state index contributed by atoms with van der Waals surface area (Å²) in [4.78, 5) is 3.83. The minimum atomic E-state index is -0.722. The fourth-order valence-corrected chi connectivity index (χ4v) is 1.84. The molecule has 0 unspecified atom stereocenters. The van der Waals surface area contributed by atoms with E-state index in [-0.39, 0.29) is 0 Å². The van der Waals surface area contributed by atoms with Crippen molar-refractivity contribution < 1.29 is 13.5 Å². The van der Waals surface area contributed by atoms with Gasteiger partial charge in [-0.15, -0.1) is 0 Å². The van der Waals surface area contributed by atoms with E-state index in [1.165, 1.54) is 18.3 Å². The minimum Gasteiger partial charge on any atom is -0.450 e. The van der Waals surface area contributed by atoms with Gasteiger partial charge in [0.2, 0.25) is 0 Å². The molecule has 0 saturated heterocycles. The second-order valence-corrected chi connectivity index (χ2v) is 5.20. The van der Waals surface area contributed by atoms with Crippen LogP contribution in [-0.4, -0.2) is 11.5 Å². The summed E-state index contributed by atoms with van der Waals surface area (Å²) < 4.78 is 33.1. The van der Waals surface area contributed by atoms with Gasteiger partial charge in [-0.05, 0) is 42.3 Å². The van der Waals surface area contributed by atoms with Crippen molar-refractivity contribution >= 4 is 0 Å². The van der Waals surface area contributed by atoms with Crippen molar-refractivity contribution in [3.63, 3.8) is 0 Å². The first-order valence-electron chi connectivity index (χ1n) is 6.82. The molecule has 0 fully saturated rings. The molecule has 0 amide bonds. The van der Waals surface area contributed by atoms with Crippen LogP contribution < -0.4 is 10.1 Å². The van der Waals surface area contributed by atoms with E-state index in [0.717, 1.165) is 6.54 Å². The topological polar surface area (TPSA) is 34.1 Å². The Balaban J connectivity index is 2.10. The average molecular weight is 292 g/mol. The molecule has 1 N–H and O–H groups in total. The maximum absolute atomic E-state index is 14.0. The van der Waals surface area contributed by atoms with Crippen molar-refractivity contribution in [2.75, 3.05) is 6.54 Å². The van der Waals surface area contributed by atoms with E-state index >= 15 is 0 Å². The molecule has 2 aromatic rings. The summed E-state index contributed by atoms with van der Waals surface area (Å²) in [6.45, 7) is 5.34. The second-order valence-electron chi connectivity index (χ2n) is 5.20. The van der Waals surface area contributed by atoms with E-state index < -0.39 is 17.4 Å². The molecule has 3 nitrogen and oxygen atoms in total. The molecule has 21 heavy (non-hydrogen) atoms. The van der Waals surface area contributed by atoms with Crippen molar-refractivity contribution in [1.29, 1.82) is 0 Å². The SMILES string of the molecule is CC(C)CNCc1cc(F)c(Oc2cccnc2)c(F)c1. The molecule has 0 aliphatic heterocycles. The molecule has 112 valence electrons. The first-order chi connectivity index (χ1) is 10.1. The van der Waals surface area contributed by atoms with Gasteiger partial charge < -0.3 is 10.1 Å². The Morgan fingerprint density at radius 1 is 1.24 bits per heavy atom. The van der Waals surface area contributed by atoms with Crippen LogP contribution in [-0.2, 0) is 6.54 Å². The minimum absolute atomic E-state index is 0.293. The van der Waals surface area contributed by atoms with Gasteiger partial charge in [0.25, 0.3) is 0 Å². The van der Waals surface area contributed by atoms with Crippen LogP contribution >= 0.6 is 0 Å². The molecule has 0 saturated carbocycles. The van der Waals surface area contributed by atoms with E-state index in [0.29, 0.717) is 23.8 Å². The molecule has 5 heteroatoms. The van der Waals surface area contributed by atoms with Crippen LogP contribution in [0.3, 0.4) is 0 Å². The normalized spacial score (nSPS) is 10.9. The van der Waals surface area contributed by atoms with Crippen LogP contribution in [0, 0.1) is 17.6 Å². The number of hydrogen-bond donors (Lipinski definition) is 1. The van der Waals surface area contributed by atoms with Crippen molar-refractivity contribution in [3.8, 4) is 11.5 Å². The van der Waals surface area contributed by atoms with E-state index in [2.05, 4.69) is 24.1 Å². The molecule has 0 spiro atoms. The van der Waals surface area contributed by atoms with Crippen LogP contribution in [0.2, 0.25) is 0 Å². The summed E-state index contributed by atoms with van der Waals surface area (Å²) in [6, 6.07) is 5.78. The monoisotopic (exact) mass is 292 g/mol. The molecule has 1 aromatic heterocycles. The zero-order valence-electron chi connectivity index (χ0n) is 12.1. The number of nitrogens with one attached hydrogen (secondary N) is 1. The largest absolute Gasteiger partial charge is 0.450 e. The molecular weight excluding hydrogens is 274 g/mol. The number of ether oxygens (including phenoxy) is 1. The van der Waals surface area contributed by atoms with Gasteiger partial charge >= 0.3 is 0 Å². The van der Waals surface area contributed by atoms with E-state index in [1.54, 1.807) is 18.3 Å². The molecule has 0 aliphatic carbocycles. The molecule has 0 radical (unpaired) electrons. The highest BCUT2D eigenvalue weighted by molar-refractivity contribution is 5.35. The molecule has 1 heterocycles. The predicted octanol–water partition coefficient (Wildman–Crippen LogP) is 3.90. The molecule has 0 aliphatic rings. The van der Waals surface area contributed by atoms with Gasteiger partial charge in [0, 0.05) is 12.7 Å². The number of hydrogen-bond acceptors (Lipinski definition) is 3. The van der Waals surface area contributed by atoms with Crippen molar-refractivity contribution in [2.45, 2.75) is 20.4 Å². The maximum atomic E-state index is 14.0. The lowest BCUT2D eigenvalue weighted by Gasteiger charge is -2.11. The average Bonchev–Trinajstić information content (AvgIpc) is 2.44. The summed E-state index contributed by atoms with van der Waals surface area (Å²) in [5, 5.41) is 3.14. The van der Waals surface area contributed by atoms with Crippen LogP contribution in [0.5, 0.6) is 11.5 Å². The Labute approximate surface area is 123 Å². The number of aromatic nitrogens is 1. The molecule has 0 bridgehead atoms. The van der Waals surface area contributed by atoms with E-state index in [1.807, 2.05) is 0 Å². The molecule has 2 rings (SSSR count). The van der Waals surface area contributed by atoms with Gasteiger partial charge in [0.1, 0.15) is 5.75 Å². The van der Waals surface area contributed by atoms with E-state index in [4.69, 9.17) is 4.74 Å². The number of rotatable bonds is 6. The zero-order valence-corrected chi connectivity index (χ0v) is 12.1. The first-order valence-corrected chi connectivity index (χ1v) is 6.82. The summed E-state index contributed by atoms with van der Waals surface area (Å²) in [5.74, 6) is -1.08. The van der Waals surface area contributed by atoms with E-state index in [9.17, 15) is 8.78 Å². The Kier molecular flexibility index (Phi) is 5.22. The summed E-state index contributed by atoms with van der Waals surface area (Å²) >= 11 is 0. The molecule has 0 atom stereocenters. The number of pyridine rings is 1. The summed E-state index contributed by atoms with van der Waals surface area (Å²) in [7, 11) is 0. The first kappa shape index (κ1) is 15.4. The Hall–Kier alpha value is -2.01. The summed E-state index contributed by atoms with van der Waals surface area (Å²) in [6.07, 6.45) is 2.96. The van der Waals surface area contributed by atoms with Gasteiger partial charge in [0.15, 0.2) is 17.4 Å². The van der Waals surface area contributed by atoms with Crippen LogP contribution in [0.15, 0.2) is 36.7 Å². The molecular formula is C16H18F2N2O. The van der Waals surface area contributed by atoms with Crippen LogP contribution in [0.25, 0.3) is 0 Å². The standard InChI is InChI=1S/C16H18F2N2O/c1-11(2)8-20-9-12-6-14(17)16(15(18)7-12)21-13-4-3-5-19-10-13/h3-7,10-11,20H,8-9H2,1-2H3. The third-order valence-corrected chi connectivity index (χ3v) is 2.79. The summed E-state index contributed by atoms with van der Waals surface area (Å²) in [5.41, 5.74) is 0.546. The lowest BCUT2D eigenvalue weighted by molar-refractivity contribution is 0.404. The Morgan fingerprint density at radius 2 is 1.95 bits per heavy atom. The van der Waals surface area contributed by atoms with Crippen molar-refractivity contribution in [1.82, 2.24) is 10.3 Å². The smallest absolute Gasteiger partial charge is 0.198 e. The third-order valence-electron chi connectivity index (χ3n) is 2.79.